The number of methoxy groups -OCH3 is 2. The van der Waals surface area contributed by atoms with Gasteiger partial charge in [0, 0.05) is 23.5 Å². The first-order valence-electron chi connectivity index (χ1n) is 19.5. The standard InChI is InChI=1S/C42H52N8O7/c1-8-15-49(40(52)38(24(4)9-2)48-42(54)56-7)21-35-43-19-33(46-35)27-11-13-29-28(16-27)23-57-34-18-30-26(17-31(29)34)12-14-32-39(30)47-36(45-32)22-50(25(5)10-3)37(51)20-44-41(53)55-6/h11-14,16-19,24-25,38H,8-10,15,20-23H2,1-7H3,(H,43,46)(H,44,53)(H,45,47)(H,48,54)/t24-,25-,38-/m0/s1. The van der Waals surface area contributed by atoms with Crippen LogP contribution in [0.2, 0.25) is 0 Å². The van der Waals surface area contributed by atoms with Crippen molar-refractivity contribution < 1.29 is 33.4 Å². The number of nitrogens with one attached hydrogen (secondary N) is 4. The third-order valence-corrected chi connectivity index (χ3v) is 10.8. The van der Waals surface area contributed by atoms with Crippen molar-refractivity contribution in [2.45, 2.75) is 85.7 Å². The third-order valence-electron chi connectivity index (χ3n) is 10.8. The number of aromatic nitrogens is 4. The average molecular weight is 781 g/mol. The first-order valence-corrected chi connectivity index (χ1v) is 19.5. The number of amides is 4. The molecule has 4 N–H and O–H groups in total. The molecule has 0 saturated carbocycles. The molecule has 302 valence electrons. The quantitative estimate of drug-likeness (QED) is 0.0903. The van der Waals surface area contributed by atoms with Gasteiger partial charge in [-0.05, 0) is 72.0 Å². The molecule has 57 heavy (non-hydrogen) atoms. The third kappa shape index (κ3) is 8.82. The van der Waals surface area contributed by atoms with Crippen LogP contribution in [0.1, 0.15) is 71.1 Å². The lowest BCUT2D eigenvalue weighted by Gasteiger charge is -2.29. The van der Waals surface area contributed by atoms with Crippen molar-refractivity contribution in [1.82, 2.24) is 40.4 Å². The Morgan fingerprint density at radius 1 is 0.912 bits per heavy atom. The molecule has 6 rings (SSSR count). The van der Waals surface area contributed by atoms with E-state index in [1.807, 2.05) is 46.8 Å². The van der Waals surface area contributed by atoms with Crippen LogP contribution in [0, 0.1) is 5.92 Å². The van der Waals surface area contributed by atoms with Gasteiger partial charge in [0.15, 0.2) is 0 Å². The maximum atomic E-state index is 13.7. The highest BCUT2D eigenvalue weighted by Crippen LogP contribution is 2.42. The van der Waals surface area contributed by atoms with Gasteiger partial charge < -0.3 is 44.6 Å². The Morgan fingerprint density at radius 2 is 1.70 bits per heavy atom. The number of ether oxygens (including phenoxy) is 3. The van der Waals surface area contributed by atoms with E-state index in [0.29, 0.717) is 31.2 Å². The summed E-state index contributed by atoms with van der Waals surface area (Å²) in [6.45, 7) is 11.1. The number of hydrogen-bond acceptors (Lipinski definition) is 9. The Hall–Kier alpha value is -6.12. The van der Waals surface area contributed by atoms with Gasteiger partial charge >= 0.3 is 12.2 Å². The molecule has 5 aromatic rings. The molecule has 4 amide bonds. The molecule has 0 spiro atoms. The molecule has 0 aliphatic carbocycles. The van der Waals surface area contributed by atoms with Crippen LogP contribution < -0.4 is 15.4 Å². The topological polar surface area (TPSA) is 184 Å². The lowest BCUT2D eigenvalue weighted by molar-refractivity contribution is -0.135. The summed E-state index contributed by atoms with van der Waals surface area (Å²) in [5.41, 5.74) is 6.46. The zero-order valence-corrected chi connectivity index (χ0v) is 33.7. The summed E-state index contributed by atoms with van der Waals surface area (Å²) in [7, 11) is 2.55. The van der Waals surface area contributed by atoms with E-state index >= 15 is 0 Å². The molecular formula is C42H52N8O7. The summed E-state index contributed by atoms with van der Waals surface area (Å²) in [6.07, 6.45) is 2.68. The normalized spacial score (nSPS) is 13.5. The van der Waals surface area contributed by atoms with Gasteiger partial charge in [-0.25, -0.2) is 19.6 Å². The fraction of sp³-hybridized carbons (Fsp3) is 0.429. The summed E-state index contributed by atoms with van der Waals surface area (Å²) in [4.78, 5) is 70.2. The van der Waals surface area contributed by atoms with Gasteiger partial charge in [-0.3, -0.25) is 9.59 Å². The molecular weight excluding hydrogens is 729 g/mol. The second kappa shape index (κ2) is 17.8. The van der Waals surface area contributed by atoms with Gasteiger partial charge in [-0.15, -0.1) is 0 Å². The number of alkyl carbamates (subject to hydrolysis) is 2. The average Bonchev–Trinajstić information content (AvgIpc) is 3.89. The van der Waals surface area contributed by atoms with Crippen molar-refractivity contribution >= 4 is 45.8 Å². The molecule has 3 atom stereocenters. The van der Waals surface area contributed by atoms with Gasteiger partial charge in [0.25, 0.3) is 0 Å². The second-order valence-electron chi connectivity index (χ2n) is 14.5. The number of imidazole rings is 2. The van der Waals surface area contributed by atoms with Gasteiger partial charge in [-0.1, -0.05) is 52.3 Å². The highest BCUT2D eigenvalue weighted by atomic mass is 16.5. The number of nitrogens with zero attached hydrogens (tertiary/aromatic N) is 4. The van der Waals surface area contributed by atoms with Crippen molar-refractivity contribution in [3.8, 4) is 28.1 Å². The minimum Gasteiger partial charge on any atom is -0.488 e. The molecule has 0 unspecified atom stereocenters. The van der Waals surface area contributed by atoms with Crippen LogP contribution in [-0.4, -0.2) is 93.1 Å². The van der Waals surface area contributed by atoms with Crippen LogP contribution in [-0.2, 0) is 38.8 Å². The van der Waals surface area contributed by atoms with E-state index in [4.69, 9.17) is 14.5 Å². The number of carbonyl (C=O) groups excluding carboxylic acids is 4. The first-order chi connectivity index (χ1) is 27.5. The number of fused-ring (bicyclic) bond motifs is 6. The van der Waals surface area contributed by atoms with E-state index in [1.165, 1.54) is 14.2 Å². The predicted molar refractivity (Wildman–Crippen MR) is 216 cm³/mol. The van der Waals surface area contributed by atoms with Crippen LogP contribution >= 0.6 is 0 Å². The SMILES string of the molecule is CCCN(Cc1ncc(-c2ccc3c(c2)COc2cc4c(ccc5[nH]c(CN(C(=O)CNC(=O)OC)[C@@H](C)CC)nc54)cc2-3)[nH]1)C(=O)[C@@H](NC(=O)OC)[C@@H](C)CC. The molecule has 2 aromatic heterocycles. The molecule has 15 nitrogen and oxygen atoms in total. The minimum atomic E-state index is -0.710. The van der Waals surface area contributed by atoms with Crippen LogP contribution in [0.3, 0.4) is 0 Å². The van der Waals surface area contributed by atoms with Crippen molar-refractivity contribution in [1.29, 1.82) is 0 Å². The minimum absolute atomic E-state index is 0.0735. The summed E-state index contributed by atoms with van der Waals surface area (Å²) < 4.78 is 15.8. The van der Waals surface area contributed by atoms with Crippen LogP contribution in [0.4, 0.5) is 9.59 Å². The van der Waals surface area contributed by atoms with Crippen molar-refractivity contribution in [3.63, 3.8) is 0 Å². The number of aromatic amines is 2. The van der Waals surface area contributed by atoms with Crippen molar-refractivity contribution in [3.05, 3.63) is 65.9 Å². The highest BCUT2D eigenvalue weighted by Gasteiger charge is 2.31. The molecule has 0 fully saturated rings. The Kier molecular flexibility index (Phi) is 12.6. The largest absolute Gasteiger partial charge is 0.488 e. The summed E-state index contributed by atoms with van der Waals surface area (Å²) in [5, 5.41) is 7.13. The molecule has 15 heteroatoms. The number of hydrogen-bond donors (Lipinski definition) is 4. The molecule has 0 bridgehead atoms. The molecule has 3 heterocycles. The number of H-pyrrole nitrogens is 2. The molecule has 0 saturated heterocycles. The van der Waals surface area contributed by atoms with E-state index in [2.05, 4.69) is 60.7 Å². The maximum absolute atomic E-state index is 13.7. The van der Waals surface area contributed by atoms with E-state index in [0.717, 1.165) is 68.3 Å². The molecule has 1 aliphatic heterocycles. The predicted octanol–water partition coefficient (Wildman–Crippen LogP) is 6.66. The van der Waals surface area contributed by atoms with Gasteiger partial charge in [0.2, 0.25) is 11.8 Å². The Balaban J connectivity index is 1.22. The summed E-state index contributed by atoms with van der Waals surface area (Å²) in [5.74, 6) is 1.55. The first kappa shape index (κ1) is 40.5. The molecule has 3 aromatic carbocycles. The lowest BCUT2D eigenvalue weighted by atomic mass is 9.92. The maximum Gasteiger partial charge on any atom is 0.407 e. The monoisotopic (exact) mass is 780 g/mol. The van der Waals surface area contributed by atoms with E-state index in [9.17, 15) is 19.2 Å². The van der Waals surface area contributed by atoms with Crippen molar-refractivity contribution in [2.75, 3.05) is 27.3 Å². The fourth-order valence-corrected chi connectivity index (χ4v) is 7.15. The fourth-order valence-electron chi connectivity index (χ4n) is 7.15. The Bertz CT molecular complexity index is 2270. The Labute approximate surface area is 331 Å². The van der Waals surface area contributed by atoms with Gasteiger partial charge in [0.1, 0.15) is 36.6 Å². The zero-order valence-electron chi connectivity index (χ0n) is 33.7. The summed E-state index contributed by atoms with van der Waals surface area (Å²) in [6, 6.07) is 13.7. The highest BCUT2D eigenvalue weighted by molar-refractivity contribution is 6.07. The zero-order chi connectivity index (χ0) is 40.8. The van der Waals surface area contributed by atoms with Crippen LogP contribution in [0.15, 0.2) is 48.7 Å². The van der Waals surface area contributed by atoms with Crippen LogP contribution in [0.25, 0.3) is 44.2 Å². The van der Waals surface area contributed by atoms with E-state index < -0.39 is 18.2 Å². The van der Waals surface area contributed by atoms with Gasteiger partial charge in [0.05, 0.1) is 50.2 Å². The van der Waals surface area contributed by atoms with Gasteiger partial charge in [-0.2, -0.15) is 0 Å². The number of rotatable bonds is 15. The van der Waals surface area contributed by atoms with E-state index in [-0.39, 0.29) is 43.4 Å². The summed E-state index contributed by atoms with van der Waals surface area (Å²) >= 11 is 0. The Morgan fingerprint density at radius 3 is 2.42 bits per heavy atom. The smallest absolute Gasteiger partial charge is 0.407 e. The lowest BCUT2D eigenvalue weighted by Crippen LogP contribution is -2.51. The molecule has 0 radical (unpaired) electrons. The van der Waals surface area contributed by atoms with Crippen molar-refractivity contribution in [2.24, 2.45) is 5.92 Å². The molecule has 1 aliphatic rings. The number of carbonyl (C=O) groups is 4. The number of benzene rings is 3. The van der Waals surface area contributed by atoms with E-state index in [1.54, 1.807) is 16.0 Å². The van der Waals surface area contributed by atoms with Crippen LogP contribution in [0.5, 0.6) is 5.75 Å². The second-order valence-corrected chi connectivity index (χ2v) is 14.5.